The molecule has 0 aliphatic carbocycles. The van der Waals surface area contributed by atoms with Crippen molar-refractivity contribution in [2.24, 2.45) is 0 Å². The maximum Gasteiger partial charge on any atom is 0.0837 e. The Hall–Kier alpha value is -1.02. The van der Waals surface area contributed by atoms with Crippen molar-refractivity contribution in [3.8, 4) is 0 Å². The third kappa shape index (κ3) is 1.54. The second kappa shape index (κ2) is 3.38. The normalized spacial score (nSPS) is 10.6. The van der Waals surface area contributed by atoms with Crippen LogP contribution in [0.25, 0.3) is 10.9 Å². The SMILES string of the molecule is CSc1cc(C)cc2cccnc12. The molecule has 1 nitrogen and oxygen atoms in total. The van der Waals surface area contributed by atoms with Crippen molar-refractivity contribution in [1.29, 1.82) is 0 Å². The fourth-order valence-corrected chi connectivity index (χ4v) is 2.13. The summed E-state index contributed by atoms with van der Waals surface area (Å²) < 4.78 is 0. The Morgan fingerprint density at radius 3 is 2.92 bits per heavy atom. The molecular formula is C11H11NS. The Balaban J connectivity index is 2.81. The van der Waals surface area contributed by atoms with E-state index < -0.39 is 0 Å². The van der Waals surface area contributed by atoms with Crippen molar-refractivity contribution in [3.63, 3.8) is 0 Å². The number of pyridine rings is 1. The average molecular weight is 189 g/mol. The van der Waals surface area contributed by atoms with E-state index in [0.717, 1.165) is 5.52 Å². The largest absolute Gasteiger partial charge is 0.255 e. The van der Waals surface area contributed by atoms with E-state index in [1.54, 1.807) is 11.8 Å². The van der Waals surface area contributed by atoms with Crippen LogP contribution < -0.4 is 0 Å². The molecule has 0 saturated carbocycles. The van der Waals surface area contributed by atoms with Crippen LogP contribution in [0, 0.1) is 6.92 Å². The summed E-state index contributed by atoms with van der Waals surface area (Å²) in [4.78, 5) is 5.63. The summed E-state index contributed by atoms with van der Waals surface area (Å²) in [5, 5.41) is 1.23. The first-order valence-electron chi connectivity index (χ1n) is 4.20. The number of hydrogen-bond donors (Lipinski definition) is 0. The molecule has 2 heteroatoms. The van der Waals surface area contributed by atoms with E-state index in [-0.39, 0.29) is 0 Å². The molecule has 66 valence electrons. The van der Waals surface area contributed by atoms with Gasteiger partial charge in [-0.1, -0.05) is 6.07 Å². The Bertz CT molecular complexity index is 437. The van der Waals surface area contributed by atoms with E-state index in [0.29, 0.717) is 0 Å². The van der Waals surface area contributed by atoms with E-state index in [4.69, 9.17) is 0 Å². The topological polar surface area (TPSA) is 12.9 Å². The van der Waals surface area contributed by atoms with Gasteiger partial charge in [0.1, 0.15) is 0 Å². The zero-order chi connectivity index (χ0) is 9.26. The summed E-state index contributed by atoms with van der Waals surface area (Å²) in [5.41, 5.74) is 2.41. The summed E-state index contributed by atoms with van der Waals surface area (Å²) in [6.45, 7) is 2.12. The lowest BCUT2D eigenvalue weighted by Crippen LogP contribution is -1.83. The van der Waals surface area contributed by atoms with Crippen molar-refractivity contribution in [2.45, 2.75) is 11.8 Å². The smallest absolute Gasteiger partial charge is 0.0837 e. The molecule has 0 unspecified atom stereocenters. The number of aryl methyl sites for hydroxylation is 1. The predicted molar refractivity (Wildman–Crippen MR) is 58.3 cm³/mol. The Labute approximate surface area is 82.2 Å². The molecule has 2 rings (SSSR count). The quantitative estimate of drug-likeness (QED) is 0.639. The minimum Gasteiger partial charge on any atom is -0.255 e. The molecule has 13 heavy (non-hydrogen) atoms. The maximum absolute atomic E-state index is 4.37. The number of aromatic nitrogens is 1. The standard InChI is InChI=1S/C11H11NS/c1-8-6-9-4-3-5-12-11(9)10(7-8)13-2/h3-7H,1-2H3. The van der Waals surface area contributed by atoms with Gasteiger partial charge in [-0.2, -0.15) is 0 Å². The van der Waals surface area contributed by atoms with Gasteiger partial charge >= 0.3 is 0 Å². The van der Waals surface area contributed by atoms with Crippen LogP contribution in [0.2, 0.25) is 0 Å². The fourth-order valence-electron chi connectivity index (χ4n) is 1.46. The van der Waals surface area contributed by atoms with Crippen molar-refractivity contribution < 1.29 is 0 Å². The van der Waals surface area contributed by atoms with Crippen LogP contribution in [-0.4, -0.2) is 11.2 Å². The first-order chi connectivity index (χ1) is 6.31. The van der Waals surface area contributed by atoms with Crippen molar-refractivity contribution in [3.05, 3.63) is 36.0 Å². The molecule has 0 atom stereocenters. The number of rotatable bonds is 1. The molecule has 0 radical (unpaired) electrons. The van der Waals surface area contributed by atoms with Crippen LogP contribution in [-0.2, 0) is 0 Å². The molecule has 0 bridgehead atoms. The van der Waals surface area contributed by atoms with E-state index >= 15 is 0 Å². The zero-order valence-electron chi connectivity index (χ0n) is 7.74. The first kappa shape index (κ1) is 8.57. The number of benzene rings is 1. The number of thioether (sulfide) groups is 1. The molecule has 0 amide bonds. The lowest BCUT2D eigenvalue weighted by atomic mass is 10.1. The van der Waals surface area contributed by atoms with Crippen molar-refractivity contribution in [2.75, 3.05) is 6.26 Å². The number of nitrogens with zero attached hydrogens (tertiary/aromatic N) is 1. The molecule has 0 N–H and O–H groups in total. The summed E-state index contributed by atoms with van der Waals surface area (Å²) in [7, 11) is 0. The van der Waals surface area contributed by atoms with Crippen molar-refractivity contribution in [1.82, 2.24) is 4.98 Å². The lowest BCUT2D eigenvalue weighted by molar-refractivity contribution is 1.32. The highest BCUT2D eigenvalue weighted by atomic mass is 32.2. The van der Waals surface area contributed by atoms with Gasteiger partial charge in [0.15, 0.2) is 0 Å². The first-order valence-corrected chi connectivity index (χ1v) is 5.43. The Morgan fingerprint density at radius 2 is 2.15 bits per heavy atom. The molecule has 0 spiro atoms. The van der Waals surface area contributed by atoms with Gasteiger partial charge in [-0.05, 0) is 36.9 Å². The van der Waals surface area contributed by atoms with Gasteiger partial charge in [-0.15, -0.1) is 11.8 Å². The Morgan fingerprint density at radius 1 is 1.31 bits per heavy atom. The maximum atomic E-state index is 4.37. The van der Waals surface area contributed by atoms with E-state index in [1.807, 2.05) is 12.3 Å². The highest BCUT2D eigenvalue weighted by molar-refractivity contribution is 7.98. The monoisotopic (exact) mass is 189 g/mol. The average Bonchev–Trinajstić information content (AvgIpc) is 2.16. The minimum atomic E-state index is 1.11. The summed E-state index contributed by atoms with van der Waals surface area (Å²) in [6.07, 6.45) is 3.93. The Kier molecular flexibility index (Phi) is 2.23. The van der Waals surface area contributed by atoms with Crippen LogP contribution in [0.5, 0.6) is 0 Å². The van der Waals surface area contributed by atoms with Crippen molar-refractivity contribution >= 4 is 22.7 Å². The summed E-state index contributed by atoms with van der Waals surface area (Å²) in [6, 6.07) is 8.43. The van der Waals surface area contributed by atoms with Gasteiger partial charge in [0.25, 0.3) is 0 Å². The molecule has 0 aliphatic rings. The molecule has 0 fully saturated rings. The molecule has 1 aromatic carbocycles. The fraction of sp³-hybridized carbons (Fsp3) is 0.182. The van der Waals surface area contributed by atoms with Gasteiger partial charge in [-0.3, -0.25) is 4.98 Å². The number of hydrogen-bond acceptors (Lipinski definition) is 2. The zero-order valence-corrected chi connectivity index (χ0v) is 8.56. The van der Waals surface area contributed by atoms with Crippen LogP contribution in [0.4, 0.5) is 0 Å². The van der Waals surface area contributed by atoms with Crippen LogP contribution in [0.3, 0.4) is 0 Å². The minimum absolute atomic E-state index is 1.11. The lowest BCUT2D eigenvalue weighted by Gasteiger charge is -2.03. The predicted octanol–water partition coefficient (Wildman–Crippen LogP) is 3.27. The molecule has 1 aromatic heterocycles. The van der Waals surface area contributed by atoms with E-state index in [1.165, 1.54) is 15.8 Å². The number of fused-ring (bicyclic) bond motifs is 1. The van der Waals surface area contributed by atoms with Gasteiger partial charge in [0, 0.05) is 16.5 Å². The van der Waals surface area contributed by atoms with Gasteiger partial charge in [0.2, 0.25) is 0 Å². The summed E-state index contributed by atoms with van der Waals surface area (Å²) >= 11 is 1.75. The van der Waals surface area contributed by atoms with E-state index in [9.17, 15) is 0 Å². The molecule has 0 aliphatic heterocycles. The third-order valence-corrected chi connectivity index (χ3v) is 2.79. The van der Waals surface area contributed by atoms with Gasteiger partial charge in [-0.25, -0.2) is 0 Å². The second-order valence-corrected chi connectivity index (χ2v) is 3.89. The highest BCUT2D eigenvalue weighted by Crippen LogP contribution is 2.25. The second-order valence-electron chi connectivity index (χ2n) is 3.04. The van der Waals surface area contributed by atoms with Gasteiger partial charge in [0.05, 0.1) is 5.52 Å². The van der Waals surface area contributed by atoms with Crippen LogP contribution in [0.1, 0.15) is 5.56 Å². The van der Waals surface area contributed by atoms with Crippen LogP contribution >= 0.6 is 11.8 Å². The summed E-state index contributed by atoms with van der Waals surface area (Å²) in [5.74, 6) is 0. The molecular weight excluding hydrogens is 178 g/mol. The molecule has 0 saturated heterocycles. The van der Waals surface area contributed by atoms with E-state index in [2.05, 4.69) is 36.4 Å². The highest BCUT2D eigenvalue weighted by Gasteiger charge is 2.01. The van der Waals surface area contributed by atoms with Crippen LogP contribution in [0.15, 0.2) is 35.4 Å². The molecule has 2 aromatic rings. The molecule has 1 heterocycles. The third-order valence-electron chi connectivity index (χ3n) is 2.03. The van der Waals surface area contributed by atoms with Gasteiger partial charge < -0.3 is 0 Å².